The van der Waals surface area contributed by atoms with Gasteiger partial charge >= 0.3 is 0 Å². The molecule has 3 heterocycles. The first kappa shape index (κ1) is 21.5. The molecular formula is C21H28N3O4S2+. The Morgan fingerprint density at radius 2 is 1.93 bits per heavy atom. The monoisotopic (exact) mass is 450 g/mol. The summed E-state index contributed by atoms with van der Waals surface area (Å²) in [6.07, 6.45) is 1.25. The number of carbonyl (C=O) groups excluding carboxylic acids is 1. The minimum Gasteiger partial charge on any atom is -0.370 e. The molecule has 2 aromatic rings. The zero-order valence-corrected chi connectivity index (χ0v) is 18.5. The SMILES string of the molecule is O=C(NCCC[NH+]1CCOCC1)[C@@H]1Cc2ccccc2CN1S(=O)(=O)c1cccs1. The molecule has 0 spiro atoms. The predicted octanol–water partition coefficient (Wildman–Crippen LogP) is 0.285. The Balaban J connectivity index is 1.45. The molecule has 1 saturated heterocycles. The van der Waals surface area contributed by atoms with Gasteiger partial charge in [0, 0.05) is 19.5 Å². The van der Waals surface area contributed by atoms with Crippen molar-refractivity contribution in [2.24, 2.45) is 0 Å². The average molecular weight is 451 g/mol. The third-order valence-corrected chi connectivity index (χ3v) is 9.00. The Bertz CT molecular complexity index is 956. The van der Waals surface area contributed by atoms with E-state index in [0.29, 0.717) is 13.0 Å². The Morgan fingerprint density at radius 3 is 2.67 bits per heavy atom. The summed E-state index contributed by atoms with van der Waals surface area (Å²) in [5, 5.41) is 4.73. The van der Waals surface area contributed by atoms with Crippen molar-refractivity contribution in [3.8, 4) is 0 Å². The molecule has 2 aliphatic heterocycles. The van der Waals surface area contributed by atoms with Crippen LogP contribution in [0.4, 0.5) is 0 Å². The Hall–Kier alpha value is -1.78. The molecule has 0 unspecified atom stereocenters. The Kier molecular flexibility index (Phi) is 6.84. The number of benzene rings is 1. The highest BCUT2D eigenvalue weighted by molar-refractivity contribution is 7.91. The minimum absolute atomic E-state index is 0.215. The maximum Gasteiger partial charge on any atom is 0.253 e. The van der Waals surface area contributed by atoms with Crippen molar-refractivity contribution >= 4 is 27.3 Å². The molecule has 1 aromatic heterocycles. The second-order valence-electron chi connectivity index (χ2n) is 7.73. The van der Waals surface area contributed by atoms with Crippen LogP contribution in [0.1, 0.15) is 17.5 Å². The third-order valence-electron chi connectivity index (χ3n) is 5.77. The normalized spacial score (nSPS) is 20.6. The number of hydrogen-bond acceptors (Lipinski definition) is 5. The summed E-state index contributed by atoms with van der Waals surface area (Å²) < 4.78 is 33.5. The molecule has 0 radical (unpaired) electrons. The Labute approximate surface area is 181 Å². The van der Waals surface area contributed by atoms with Crippen LogP contribution >= 0.6 is 11.3 Å². The van der Waals surface area contributed by atoms with E-state index < -0.39 is 16.1 Å². The van der Waals surface area contributed by atoms with Gasteiger partial charge in [0.05, 0.1) is 19.8 Å². The van der Waals surface area contributed by atoms with Crippen molar-refractivity contribution in [2.45, 2.75) is 29.6 Å². The zero-order chi connectivity index (χ0) is 21.0. The lowest BCUT2D eigenvalue weighted by Crippen LogP contribution is -3.14. The standard InChI is InChI=1S/C21H27N3O4S2/c25-21(22-8-4-9-23-10-12-28-13-11-23)19-15-17-5-1-2-6-18(17)16-24(19)30(26,27)20-7-3-14-29-20/h1-3,5-7,14,19H,4,8-13,15-16H2,(H,22,25)/p+1/t19-/m0/s1. The van der Waals surface area contributed by atoms with E-state index in [1.165, 1.54) is 20.5 Å². The Morgan fingerprint density at radius 1 is 1.17 bits per heavy atom. The molecule has 4 rings (SSSR count). The van der Waals surface area contributed by atoms with E-state index in [-0.39, 0.29) is 16.7 Å². The molecule has 1 amide bonds. The van der Waals surface area contributed by atoms with Gasteiger partial charge < -0.3 is 15.0 Å². The number of carbonyl (C=O) groups is 1. The van der Waals surface area contributed by atoms with Crippen LogP contribution in [0.5, 0.6) is 0 Å². The van der Waals surface area contributed by atoms with Gasteiger partial charge in [0.1, 0.15) is 23.3 Å². The number of rotatable bonds is 7. The predicted molar refractivity (Wildman–Crippen MR) is 115 cm³/mol. The largest absolute Gasteiger partial charge is 0.370 e. The number of quaternary nitrogens is 1. The van der Waals surface area contributed by atoms with Gasteiger partial charge in [-0.3, -0.25) is 4.79 Å². The summed E-state index contributed by atoms with van der Waals surface area (Å²) in [6.45, 7) is 5.33. The molecule has 2 N–H and O–H groups in total. The molecule has 2 aliphatic rings. The number of fused-ring (bicyclic) bond motifs is 1. The van der Waals surface area contributed by atoms with Gasteiger partial charge in [-0.1, -0.05) is 30.3 Å². The molecule has 1 fully saturated rings. The van der Waals surface area contributed by atoms with Crippen molar-refractivity contribution < 1.29 is 22.8 Å². The topological polar surface area (TPSA) is 80.2 Å². The van der Waals surface area contributed by atoms with Gasteiger partial charge in [-0.2, -0.15) is 4.31 Å². The molecule has 1 atom stereocenters. The molecule has 1 aromatic carbocycles. The maximum absolute atomic E-state index is 13.3. The molecule has 162 valence electrons. The fraction of sp³-hybridized carbons (Fsp3) is 0.476. The molecule has 30 heavy (non-hydrogen) atoms. The lowest BCUT2D eigenvalue weighted by atomic mass is 9.95. The lowest BCUT2D eigenvalue weighted by molar-refractivity contribution is -0.908. The number of amides is 1. The van der Waals surface area contributed by atoms with Gasteiger partial charge in [-0.15, -0.1) is 11.3 Å². The molecule has 0 bridgehead atoms. The van der Waals surface area contributed by atoms with Crippen LogP contribution in [0, 0.1) is 0 Å². The number of thiophene rings is 1. The van der Waals surface area contributed by atoms with E-state index >= 15 is 0 Å². The summed E-state index contributed by atoms with van der Waals surface area (Å²) in [7, 11) is -3.73. The van der Waals surface area contributed by atoms with Crippen LogP contribution in [0.15, 0.2) is 46.0 Å². The average Bonchev–Trinajstić information content (AvgIpc) is 3.32. The van der Waals surface area contributed by atoms with E-state index in [4.69, 9.17) is 4.74 Å². The third kappa shape index (κ3) is 4.76. The highest BCUT2D eigenvalue weighted by Gasteiger charge is 2.39. The van der Waals surface area contributed by atoms with Crippen LogP contribution < -0.4 is 10.2 Å². The smallest absolute Gasteiger partial charge is 0.253 e. The summed E-state index contributed by atoms with van der Waals surface area (Å²) in [5.74, 6) is -0.221. The van der Waals surface area contributed by atoms with Crippen LogP contribution in [0.25, 0.3) is 0 Å². The summed E-state index contributed by atoms with van der Waals surface area (Å²) in [5.41, 5.74) is 1.99. The first-order chi connectivity index (χ1) is 14.6. The number of ether oxygens (including phenoxy) is 1. The second-order valence-corrected chi connectivity index (χ2v) is 10.8. The van der Waals surface area contributed by atoms with E-state index in [2.05, 4.69) is 5.32 Å². The highest BCUT2D eigenvalue weighted by Crippen LogP contribution is 2.30. The highest BCUT2D eigenvalue weighted by atomic mass is 32.2. The number of morpholine rings is 1. The number of nitrogens with zero attached hydrogens (tertiary/aromatic N) is 1. The van der Waals surface area contributed by atoms with Crippen molar-refractivity contribution in [2.75, 3.05) is 39.4 Å². The zero-order valence-electron chi connectivity index (χ0n) is 16.9. The lowest BCUT2D eigenvalue weighted by Gasteiger charge is -2.34. The maximum atomic E-state index is 13.3. The van der Waals surface area contributed by atoms with E-state index in [1.807, 2.05) is 24.3 Å². The van der Waals surface area contributed by atoms with E-state index in [0.717, 1.165) is 50.4 Å². The van der Waals surface area contributed by atoms with Crippen LogP contribution in [-0.4, -0.2) is 64.1 Å². The molecule has 9 heteroatoms. The quantitative estimate of drug-likeness (QED) is 0.594. The minimum atomic E-state index is -3.73. The number of hydrogen-bond donors (Lipinski definition) is 2. The van der Waals surface area contributed by atoms with Gasteiger partial charge in [-0.25, -0.2) is 8.42 Å². The van der Waals surface area contributed by atoms with Crippen molar-refractivity contribution in [1.82, 2.24) is 9.62 Å². The first-order valence-corrected chi connectivity index (χ1v) is 12.7. The van der Waals surface area contributed by atoms with Crippen LogP contribution in [0.2, 0.25) is 0 Å². The van der Waals surface area contributed by atoms with Gasteiger partial charge in [-0.05, 0) is 29.0 Å². The second kappa shape index (κ2) is 9.57. The fourth-order valence-electron chi connectivity index (χ4n) is 4.08. The molecular weight excluding hydrogens is 422 g/mol. The van der Waals surface area contributed by atoms with Gasteiger partial charge in [0.25, 0.3) is 10.0 Å². The van der Waals surface area contributed by atoms with E-state index in [1.54, 1.807) is 17.5 Å². The summed E-state index contributed by atoms with van der Waals surface area (Å²) >= 11 is 1.18. The molecule has 7 nitrogen and oxygen atoms in total. The van der Waals surface area contributed by atoms with Gasteiger partial charge in [0.15, 0.2) is 0 Å². The van der Waals surface area contributed by atoms with Crippen molar-refractivity contribution in [3.63, 3.8) is 0 Å². The van der Waals surface area contributed by atoms with Crippen molar-refractivity contribution in [3.05, 3.63) is 52.9 Å². The molecule has 0 aliphatic carbocycles. The number of sulfonamides is 1. The van der Waals surface area contributed by atoms with Crippen LogP contribution in [0.3, 0.4) is 0 Å². The number of nitrogens with one attached hydrogen (secondary N) is 2. The molecule has 0 saturated carbocycles. The summed E-state index contributed by atoms with van der Waals surface area (Å²) in [4.78, 5) is 14.5. The van der Waals surface area contributed by atoms with E-state index in [9.17, 15) is 13.2 Å². The first-order valence-electron chi connectivity index (χ1n) is 10.4. The van der Waals surface area contributed by atoms with Crippen molar-refractivity contribution in [1.29, 1.82) is 0 Å². The van der Waals surface area contributed by atoms with Gasteiger partial charge in [0.2, 0.25) is 5.91 Å². The van der Waals surface area contributed by atoms with Crippen LogP contribution in [-0.2, 0) is 32.5 Å². The summed E-state index contributed by atoms with van der Waals surface area (Å²) in [6, 6.07) is 10.3. The fourth-order valence-corrected chi connectivity index (χ4v) is 6.76.